The highest BCUT2D eigenvalue weighted by atomic mass is 32.2. The third-order valence-corrected chi connectivity index (χ3v) is 5.23. The minimum absolute atomic E-state index is 0.218. The molecule has 0 spiro atoms. The number of ether oxygens (including phenoxy) is 1. The number of rotatable bonds is 3. The standard InChI is InChI=1S/C18H16N4O2S/c1-10-7-8-14(11(2)9-10)25-18-16-19-17(23)15-12(22(16)21-20-18)5-4-6-13(15)24-3/h4-9H,1-3H3,(H,19,23). The molecule has 0 unspecified atom stereocenters. The maximum absolute atomic E-state index is 12.6. The number of H-pyrrole nitrogens is 1. The Morgan fingerprint density at radius 3 is 2.80 bits per heavy atom. The van der Waals surface area contributed by atoms with Crippen molar-refractivity contribution in [2.75, 3.05) is 7.11 Å². The monoisotopic (exact) mass is 352 g/mol. The zero-order valence-electron chi connectivity index (χ0n) is 14.0. The largest absolute Gasteiger partial charge is 0.496 e. The molecule has 25 heavy (non-hydrogen) atoms. The quantitative estimate of drug-likeness (QED) is 0.612. The van der Waals surface area contributed by atoms with Gasteiger partial charge in [0.15, 0.2) is 10.7 Å². The average molecular weight is 352 g/mol. The molecule has 4 rings (SSSR count). The van der Waals surface area contributed by atoms with Crippen LogP contribution in [0.25, 0.3) is 16.6 Å². The molecule has 0 aliphatic carbocycles. The molecule has 0 radical (unpaired) electrons. The van der Waals surface area contributed by atoms with Crippen LogP contribution in [0, 0.1) is 13.8 Å². The fourth-order valence-electron chi connectivity index (χ4n) is 2.89. The van der Waals surface area contributed by atoms with Crippen molar-refractivity contribution in [3.8, 4) is 5.75 Å². The van der Waals surface area contributed by atoms with E-state index in [0.717, 1.165) is 10.5 Å². The Morgan fingerprint density at radius 1 is 1.20 bits per heavy atom. The van der Waals surface area contributed by atoms with Crippen LogP contribution in [-0.4, -0.2) is 26.9 Å². The van der Waals surface area contributed by atoms with Gasteiger partial charge in [-0.1, -0.05) is 40.7 Å². The summed E-state index contributed by atoms with van der Waals surface area (Å²) < 4.78 is 6.94. The van der Waals surface area contributed by atoms with Crippen LogP contribution in [-0.2, 0) is 0 Å². The van der Waals surface area contributed by atoms with Gasteiger partial charge in [0, 0.05) is 4.90 Å². The Kier molecular flexibility index (Phi) is 3.73. The van der Waals surface area contributed by atoms with E-state index in [-0.39, 0.29) is 5.56 Å². The first-order chi connectivity index (χ1) is 12.1. The fraction of sp³-hybridized carbons (Fsp3) is 0.167. The molecule has 0 saturated heterocycles. The number of hydrogen-bond donors (Lipinski definition) is 1. The molecule has 2 aromatic heterocycles. The van der Waals surface area contributed by atoms with E-state index in [2.05, 4.69) is 47.3 Å². The second-order valence-corrected chi connectivity index (χ2v) is 6.87. The summed E-state index contributed by atoms with van der Waals surface area (Å²) in [6.45, 7) is 4.12. The molecular weight excluding hydrogens is 336 g/mol. The topological polar surface area (TPSA) is 72.3 Å². The lowest BCUT2D eigenvalue weighted by Gasteiger charge is -2.06. The minimum Gasteiger partial charge on any atom is -0.496 e. The lowest BCUT2D eigenvalue weighted by molar-refractivity contribution is 0.419. The Bertz CT molecular complexity index is 1160. The highest BCUT2D eigenvalue weighted by Gasteiger charge is 2.16. The molecule has 6 nitrogen and oxygen atoms in total. The molecule has 2 aromatic carbocycles. The van der Waals surface area contributed by atoms with Crippen molar-refractivity contribution < 1.29 is 4.74 Å². The van der Waals surface area contributed by atoms with Crippen molar-refractivity contribution in [2.24, 2.45) is 0 Å². The van der Waals surface area contributed by atoms with Crippen LogP contribution in [0.4, 0.5) is 0 Å². The van der Waals surface area contributed by atoms with Gasteiger partial charge in [-0.05, 0) is 37.6 Å². The van der Waals surface area contributed by atoms with Gasteiger partial charge >= 0.3 is 0 Å². The molecule has 1 N–H and O–H groups in total. The maximum Gasteiger partial charge on any atom is 0.262 e. The summed E-state index contributed by atoms with van der Waals surface area (Å²) in [4.78, 5) is 16.5. The number of aromatic amines is 1. The first kappa shape index (κ1) is 15.7. The normalized spacial score (nSPS) is 11.3. The van der Waals surface area contributed by atoms with Gasteiger partial charge < -0.3 is 9.72 Å². The van der Waals surface area contributed by atoms with E-state index >= 15 is 0 Å². The number of methoxy groups -OCH3 is 1. The van der Waals surface area contributed by atoms with Gasteiger partial charge in [0.25, 0.3) is 5.56 Å². The zero-order chi connectivity index (χ0) is 17.6. The van der Waals surface area contributed by atoms with Crippen LogP contribution in [0.2, 0.25) is 0 Å². The van der Waals surface area contributed by atoms with Crippen LogP contribution in [0.1, 0.15) is 11.1 Å². The van der Waals surface area contributed by atoms with E-state index in [1.165, 1.54) is 17.3 Å². The summed E-state index contributed by atoms with van der Waals surface area (Å²) in [5, 5.41) is 9.62. The van der Waals surface area contributed by atoms with Crippen LogP contribution in [0.5, 0.6) is 5.75 Å². The molecule has 0 fully saturated rings. The summed E-state index contributed by atoms with van der Waals surface area (Å²) in [7, 11) is 1.54. The zero-order valence-corrected chi connectivity index (χ0v) is 14.8. The summed E-state index contributed by atoms with van der Waals surface area (Å²) in [6.07, 6.45) is 0. The molecule has 0 aliphatic heterocycles. The Morgan fingerprint density at radius 2 is 2.04 bits per heavy atom. The van der Waals surface area contributed by atoms with Crippen molar-refractivity contribution in [3.05, 3.63) is 57.9 Å². The van der Waals surface area contributed by atoms with E-state index < -0.39 is 0 Å². The number of fused-ring (bicyclic) bond motifs is 3. The smallest absolute Gasteiger partial charge is 0.262 e. The molecule has 126 valence electrons. The van der Waals surface area contributed by atoms with Crippen molar-refractivity contribution in [2.45, 2.75) is 23.8 Å². The summed E-state index contributed by atoms with van der Waals surface area (Å²) in [5.74, 6) is 0.514. The Hall–Kier alpha value is -2.80. The van der Waals surface area contributed by atoms with Crippen LogP contribution in [0.15, 0.2) is 51.1 Å². The molecule has 0 aliphatic rings. The second kappa shape index (κ2) is 5.93. The molecule has 0 amide bonds. The van der Waals surface area contributed by atoms with Gasteiger partial charge in [-0.15, -0.1) is 5.10 Å². The number of aryl methyl sites for hydroxylation is 2. The van der Waals surface area contributed by atoms with Crippen LogP contribution < -0.4 is 10.3 Å². The molecule has 7 heteroatoms. The molecule has 4 aromatic rings. The highest BCUT2D eigenvalue weighted by molar-refractivity contribution is 7.99. The van der Waals surface area contributed by atoms with Crippen LogP contribution in [0.3, 0.4) is 0 Å². The summed E-state index contributed by atoms with van der Waals surface area (Å²) in [6, 6.07) is 11.7. The van der Waals surface area contributed by atoms with E-state index in [4.69, 9.17) is 4.74 Å². The fourth-order valence-corrected chi connectivity index (χ4v) is 3.77. The third-order valence-electron chi connectivity index (χ3n) is 4.09. The predicted molar refractivity (Wildman–Crippen MR) is 97.7 cm³/mol. The van der Waals surface area contributed by atoms with E-state index in [9.17, 15) is 4.79 Å². The Labute approximate surface area is 147 Å². The van der Waals surface area contributed by atoms with Gasteiger partial charge in [-0.2, -0.15) is 4.52 Å². The summed E-state index contributed by atoms with van der Waals surface area (Å²) >= 11 is 1.49. The minimum atomic E-state index is -0.218. The third kappa shape index (κ3) is 2.56. The number of nitrogens with one attached hydrogen (secondary N) is 1. The number of aromatic nitrogens is 4. The first-order valence-corrected chi connectivity index (χ1v) is 8.59. The van der Waals surface area contributed by atoms with Crippen molar-refractivity contribution >= 4 is 28.3 Å². The maximum atomic E-state index is 12.6. The molecule has 0 bridgehead atoms. The Balaban J connectivity index is 1.91. The predicted octanol–water partition coefficient (Wildman–Crippen LogP) is 3.35. The van der Waals surface area contributed by atoms with Crippen molar-refractivity contribution in [1.82, 2.24) is 19.8 Å². The number of nitrogens with zero attached hydrogens (tertiary/aromatic N) is 3. The van der Waals surface area contributed by atoms with Gasteiger partial charge in [-0.25, -0.2) is 0 Å². The van der Waals surface area contributed by atoms with Gasteiger partial charge in [0.1, 0.15) is 11.1 Å². The lowest BCUT2D eigenvalue weighted by atomic mass is 10.2. The second-order valence-electron chi connectivity index (χ2n) is 5.83. The lowest BCUT2D eigenvalue weighted by Crippen LogP contribution is -2.11. The molecule has 0 saturated carbocycles. The van der Waals surface area contributed by atoms with E-state index in [1.54, 1.807) is 17.7 Å². The average Bonchev–Trinajstić information content (AvgIpc) is 3.00. The van der Waals surface area contributed by atoms with Gasteiger partial charge in [0.2, 0.25) is 0 Å². The SMILES string of the molecule is COc1cccc2c1c(=O)[nH]c1c(Sc3ccc(C)cc3C)nnn12. The van der Waals surface area contributed by atoms with E-state index in [0.29, 0.717) is 27.3 Å². The number of benzene rings is 2. The molecular formula is C18H16N4O2S. The van der Waals surface area contributed by atoms with E-state index in [1.807, 2.05) is 12.1 Å². The van der Waals surface area contributed by atoms with Crippen molar-refractivity contribution in [1.29, 1.82) is 0 Å². The molecule has 2 heterocycles. The van der Waals surface area contributed by atoms with Gasteiger partial charge in [-0.3, -0.25) is 4.79 Å². The summed E-state index contributed by atoms with van der Waals surface area (Å²) in [5.41, 5.74) is 3.40. The first-order valence-electron chi connectivity index (χ1n) is 7.78. The molecule has 0 atom stereocenters. The highest BCUT2D eigenvalue weighted by Crippen LogP contribution is 2.32. The van der Waals surface area contributed by atoms with Crippen LogP contribution >= 0.6 is 11.8 Å². The van der Waals surface area contributed by atoms with Gasteiger partial charge in [0.05, 0.1) is 12.6 Å². The van der Waals surface area contributed by atoms with Crippen molar-refractivity contribution in [3.63, 3.8) is 0 Å². The number of hydrogen-bond acceptors (Lipinski definition) is 5.